The van der Waals surface area contributed by atoms with Gasteiger partial charge >= 0.3 is 0 Å². The van der Waals surface area contributed by atoms with Gasteiger partial charge in [-0.15, -0.1) is 11.8 Å². The van der Waals surface area contributed by atoms with E-state index in [1.165, 1.54) is 18.0 Å². The minimum Gasteiger partial charge on any atom is -0.352 e. The van der Waals surface area contributed by atoms with E-state index in [4.69, 9.17) is 0 Å². The number of carbonyl (C=O) groups excluding carboxylic acids is 1. The minimum absolute atomic E-state index is 0.0165. The molecule has 0 unspecified atom stereocenters. The quantitative estimate of drug-likeness (QED) is 0.833. The van der Waals surface area contributed by atoms with Crippen LogP contribution in [-0.4, -0.2) is 38.1 Å². The van der Waals surface area contributed by atoms with Crippen molar-refractivity contribution in [2.75, 3.05) is 17.8 Å². The Kier molecular flexibility index (Phi) is 5.10. The highest BCUT2D eigenvalue weighted by Crippen LogP contribution is 2.30. The second-order valence-corrected chi connectivity index (χ2v) is 8.55. The van der Waals surface area contributed by atoms with E-state index in [0.29, 0.717) is 11.8 Å². The fourth-order valence-electron chi connectivity index (χ4n) is 1.77. The molecule has 1 fully saturated rings. The number of thioether (sulfide) groups is 1. The topological polar surface area (TPSA) is 63.2 Å². The summed E-state index contributed by atoms with van der Waals surface area (Å²) in [7, 11) is -2.99. The molecular formula is C14H19NO3S2. The van der Waals surface area contributed by atoms with Crippen LogP contribution in [0.2, 0.25) is 0 Å². The van der Waals surface area contributed by atoms with Crippen LogP contribution >= 0.6 is 11.8 Å². The van der Waals surface area contributed by atoms with E-state index in [1.807, 2.05) is 30.3 Å². The fraction of sp³-hybridized carbons (Fsp3) is 0.500. The highest BCUT2D eigenvalue weighted by Gasteiger charge is 2.28. The lowest BCUT2D eigenvalue weighted by Crippen LogP contribution is -2.30. The Morgan fingerprint density at radius 3 is 2.55 bits per heavy atom. The molecule has 0 aliphatic heterocycles. The second-order valence-electron chi connectivity index (χ2n) is 5.07. The summed E-state index contributed by atoms with van der Waals surface area (Å²) in [5.41, 5.74) is 0.921. The zero-order valence-corrected chi connectivity index (χ0v) is 13.0. The number of benzene rings is 1. The zero-order chi connectivity index (χ0) is 14.6. The number of nitrogens with one attached hydrogen (secondary N) is 1. The van der Waals surface area contributed by atoms with Crippen LogP contribution in [0.4, 0.5) is 0 Å². The number of rotatable bonds is 7. The van der Waals surface area contributed by atoms with E-state index in [0.717, 1.165) is 18.4 Å². The van der Waals surface area contributed by atoms with Gasteiger partial charge in [-0.25, -0.2) is 8.42 Å². The molecule has 20 heavy (non-hydrogen) atoms. The molecule has 1 aliphatic carbocycles. The summed E-state index contributed by atoms with van der Waals surface area (Å²) in [6, 6.07) is 9.81. The fourth-order valence-corrected chi connectivity index (χ4v) is 4.17. The smallest absolute Gasteiger partial charge is 0.237 e. The number of sulfone groups is 1. The third-order valence-electron chi connectivity index (χ3n) is 3.00. The van der Waals surface area contributed by atoms with Crippen LogP contribution in [-0.2, 0) is 14.6 Å². The maximum atomic E-state index is 12.3. The normalized spacial score (nSPS) is 16.6. The Labute approximate surface area is 124 Å². The van der Waals surface area contributed by atoms with Gasteiger partial charge in [-0.2, -0.15) is 0 Å². The molecule has 1 aromatic carbocycles. The Morgan fingerprint density at radius 2 is 2.00 bits per heavy atom. The first-order valence-electron chi connectivity index (χ1n) is 6.60. The van der Waals surface area contributed by atoms with Gasteiger partial charge in [0.05, 0.1) is 5.75 Å². The van der Waals surface area contributed by atoms with Crippen molar-refractivity contribution in [1.29, 1.82) is 0 Å². The van der Waals surface area contributed by atoms with Crippen LogP contribution < -0.4 is 5.32 Å². The summed E-state index contributed by atoms with van der Waals surface area (Å²) >= 11 is 1.39. The number of carbonyl (C=O) groups is 1. The molecule has 1 saturated carbocycles. The molecule has 6 heteroatoms. The molecule has 1 amide bonds. The van der Waals surface area contributed by atoms with E-state index >= 15 is 0 Å². The molecular weight excluding hydrogens is 294 g/mol. The summed E-state index contributed by atoms with van der Waals surface area (Å²) in [6.07, 6.45) is 3.30. The van der Waals surface area contributed by atoms with Gasteiger partial charge < -0.3 is 5.32 Å². The molecule has 0 saturated heterocycles. The maximum absolute atomic E-state index is 12.3. The lowest BCUT2D eigenvalue weighted by Gasteiger charge is -2.16. The van der Waals surface area contributed by atoms with Crippen molar-refractivity contribution in [3.8, 4) is 0 Å². The summed E-state index contributed by atoms with van der Waals surface area (Å²) in [6.45, 7) is 0. The Balaban J connectivity index is 2.01. The summed E-state index contributed by atoms with van der Waals surface area (Å²) in [5.74, 6) is 0.506. The van der Waals surface area contributed by atoms with Crippen LogP contribution in [0, 0.1) is 0 Å². The number of hydrogen-bond acceptors (Lipinski definition) is 4. The van der Waals surface area contributed by atoms with E-state index in [-0.39, 0.29) is 16.9 Å². The molecule has 0 heterocycles. The highest BCUT2D eigenvalue weighted by molar-refractivity contribution is 8.01. The number of hydrogen-bond donors (Lipinski definition) is 1. The first-order valence-corrected chi connectivity index (χ1v) is 9.71. The Morgan fingerprint density at radius 1 is 1.35 bits per heavy atom. The molecule has 110 valence electrons. The van der Waals surface area contributed by atoms with Gasteiger partial charge in [0.1, 0.15) is 15.1 Å². The van der Waals surface area contributed by atoms with Crippen LogP contribution in [0.3, 0.4) is 0 Å². The van der Waals surface area contributed by atoms with E-state index in [9.17, 15) is 13.2 Å². The molecule has 1 aliphatic rings. The lowest BCUT2D eigenvalue weighted by molar-refractivity contribution is -0.120. The van der Waals surface area contributed by atoms with Gasteiger partial charge in [-0.3, -0.25) is 4.79 Å². The predicted octanol–water partition coefficient (Wildman–Crippen LogP) is 1.78. The van der Waals surface area contributed by atoms with Crippen molar-refractivity contribution in [2.45, 2.75) is 24.1 Å². The van der Waals surface area contributed by atoms with Crippen LogP contribution in [0.15, 0.2) is 30.3 Å². The van der Waals surface area contributed by atoms with E-state index in [1.54, 1.807) is 0 Å². The van der Waals surface area contributed by atoms with Crippen LogP contribution in [0.1, 0.15) is 23.7 Å². The lowest BCUT2D eigenvalue weighted by atomic mass is 10.1. The molecule has 0 aromatic heterocycles. The van der Waals surface area contributed by atoms with E-state index in [2.05, 4.69) is 5.32 Å². The molecule has 0 radical (unpaired) electrons. The molecule has 1 N–H and O–H groups in total. The second kappa shape index (κ2) is 6.63. The molecule has 1 atom stereocenters. The van der Waals surface area contributed by atoms with Gasteiger partial charge in [-0.1, -0.05) is 30.3 Å². The predicted molar refractivity (Wildman–Crippen MR) is 82.5 cm³/mol. The first kappa shape index (κ1) is 15.4. The van der Waals surface area contributed by atoms with Crippen LogP contribution in [0.25, 0.3) is 0 Å². The number of amides is 1. The third-order valence-corrected chi connectivity index (χ3v) is 5.47. The Hall–Kier alpha value is -1.01. The average Bonchev–Trinajstić information content (AvgIpc) is 3.18. The zero-order valence-electron chi connectivity index (χ0n) is 11.4. The largest absolute Gasteiger partial charge is 0.352 e. The highest BCUT2D eigenvalue weighted by atomic mass is 32.2. The van der Waals surface area contributed by atoms with Crippen molar-refractivity contribution < 1.29 is 13.2 Å². The SMILES string of the molecule is CS(=O)(=O)CCS[C@H](C(=O)NC1CC1)c1ccccc1. The molecule has 0 bridgehead atoms. The molecule has 0 spiro atoms. The van der Waals surface area contributed by atoms with Crippen LogP contribution in [0.5, 0.6) is 0 Å². The van der Waals surface area contributed by atoms with Crippen molar-refractivity contribution in [3.63, 3.8) is 0 Å². The molecule has 2 rings (SSSR count). The van der Waals surface area contributed by atoms with Crippen molar-refractivity contribution in [1.82, 2.24) is 5.32 Å². The summed E-state index contributed by atoms with van der Waals surface area (Å²) in [5, 5.41) is 2.66. The average molecular weight is 313 g/mol. The van der Waals surface area contributed by atoms with E-state index < -0.39 is 9.84 Å². The van der Waals surface area contributed by atoms with Gasteiger partial charge in [-0.05, 0) is 18.4 Å². The Bertz CT molecular complexity index is 553. The van der Waals surface area contributed by atoms with Gasteiger partial charge in [0.25, 0.3) is 0 Å². The maximum Gasteiger partial charge on any atom is 0.237 e. The summed E-state index contributed by atoms with van der Waals surface area (Å²) in [4.78, 5) is 12.3. The third kappa shape index (κ3) is 5.17. The molecule has 1 aromatic rings. The monoisotopic (exact) mass is 313 g/mol. The van der Waals surface area contributed by atoms with Gasteiger partial charge in [0.2, 0.25) is 5.91 Å². The van der Waals surface area contributed by atoms with Gasteiger partial charge in [0, 0.05) is 18.1 Å². The first-order chi connectivity index (χ1) is 9.46. The standard InChI is InChI=1S/C14H19NO3S2/c1-20(17,18)10-9-19-13(11-5-3-2-4-6-11)14(16)15-12-7-8-12/h2-6,12-13H,7-10H2,1H3,(H,15,16)/t13-/m0/s1. The minimum atomic E-state index is -2.99. The van der Waals surface area contributed by atoms with Crippen molar-refractivity contribution in [2.24, 2.45) is 0 Å². The van der Waals surface area contributed by atoms with Crippen molar-refractivity contribution in [3.05, 3.63) is 35.9 Å². The summed E-state index contributed by atoms with van der Waals surface area (Å²) < 4.78 is 22.4. The van der Waals surface area contributed by atoms with Gasteiger partial charge in [0.15, 0.2) is 0 Å². The van der Waals surface area contributed by atoms with Crippen molar-refractivity contribution >= 4 is 27.5 Å². The molecule has 4 nitrogen and oxygen atoms in total.